The molecule has 0 aromatic heterocycles. The normalized spacial score (nSPS) is 0. The van der Waals surface area contributed by atoms with Gasteiger partial charge in [-0.3, -0.25) is 0 Å². The Kier molecular flexibility index (Phi) is 394. The molecule has 0 atom stereocenters. The van der Waals surface area contributed by atoms with Crippen LogP contribution in [0.4, 0.5) is 0 Å². The Morgan fingerprint density at radius 1 is 0.222 bits per heavy atom. The van der Waals surface area contributed by atoms with Crippen molar-refractivity contribution < 1.29 is 164 Å². The second kappa shape index (κ2) is 54.4. The molecule has 0 aliphatic rings. The summed E-state index contributed by atoms with van der Waals surface area (Å²) in [6.07, 6.45) is 0. The molecule has 0 amide bonds. The van der Waals surface area contributed by atoms with Gasteiger partial charge in [0.25, 0.3) is 0 Å². The Morgan fingerprint density at radius 2 is 0.222 bits per heavy atom. The fraction of sp³-hybridized carbons (Fsp3) is 0. The second-order valence-corrected chi connectivity index (χ2v) is 0. The largest absolute Gasteiger partial charge is 0 e. The maximum Gasteiger partial charge on any atom is 0 e. The van der Waals surface area contributed by atoms with Crippen molar-refractivity contribution >= 4 is 95.6 Å². The van der Waals surface area contributed by atoms with Gasteiger partial charge >= 0.3 is 0 Å². The molecule has 0 saturated carbocycles. The third-order valence-corrected chi connectivity index (χ3v) is 0. The van der Waals surface area contributed by atoms with E-state index < -0.39 is 0 Å². The van der Waals surface area contributed by atoms with E-state index in [1.54, 1.807) is 0 Å². The minimum Gasteiger partial charge on any atom is 0 e. The molecule has 0 aliphatic carbocycles. The maximum absolute atomic E-state index is 0. The molecular formula is Sn4Y5. The topological polar surface area (TPSA) is 0 Å². The first-order valence-corrected chi connectivity index (χ1v) is 0. The first-order chi connectivity index (χ1) is 0. The van der Waals surface area contributed by atoms with Gasteiger partial charge in [0.15, 0.2) is 0 Å². The summed E-state index contributed by atoms with van der Waals surface area (Å²) in [5.41, 5.74) is 0. The molecule has 0 bridgehead atoms. The molecule has 0 heterocycles. The van der Waals surface area contributed by atoms with Crippen LogP contribution in [-0.4, -0.2) is 95.6 Å². The van der Waals surface area contributed by atoms with Crippen LogP contribution < -0.4 is 0 Å². The van der Waals surface area contributed by atoms with E-state index in [0.717, 1.165) is 0 Å². The van der Waals surface area contributed by atoms with Crippen molar-refractivity contribution in [1.82, 2.24) is 0 Å². The van der Waals surface area contributed by atoms with Gasteiger partial charge in [-0.25, -0.2) is 0 Å². The molecule has 0 saturated heterocycles. The van der Waals surface area contributed by atoms with Gasteiger partial charge in [-0.2, -0.15) is 0 Å². The van der Waals surface area contributed by atoms with Gasteiger partial charge in [0, 0.05) is 259 Å². The van der Waals surface area contributed by atoms with E-state index in [-0.39, 0.29) is 259 Å². The fourth-order valence-electron chi connectivity index (χ4n) is 0. The van der Waals surface area contributed by atoms with Gasteiger partial charge in [0.1, 0.15) is 0 Å². The fourth-order valence-corrected chi connectivity index (χ4v) is 0. The molecule has 0 nitrogen and oxygen atoms in total. The molecular weight excluding hydrogens is 919 g/mol. The van der Waals surface area contributed by atoms with Crippen LogP contribution in [0, 0.1) is 0 Å². The van der Waals surface area contributed by atoms with Gasteiger partial charge in [-0.15, -0.1) is 0 Å². The number of rotatable bonds is 0. The molecule has 0 unspecified atom stereocenters. The average Bonchev–Trinajstić information content (AvgIpc) is 0. The van der Waals surface area contributed by atoms with E-state index in [9.17, 15) is 0 Å². The zero-order valence-electron chi connectivity index (χ0n) is 4.89. The second-order valence-electron chi connectivity index (χ2n) is 0. The number of hydrogen-bond donors (Lipinski definition) is 0. The Labute approximate surface area is 251 Å². The predicted octanol–water partition coefficient (Wildman–Crippen LogP) is -1.54. The van der Waals surface area contributed by atoms with E-state index in [1.807, 2.05) is 0 Å². The molecule has 0 spiro atoms. The summed E-state index contributed by atoms with van der Waals surface area (Å²) >= 11 is 0. The van der Waals surface area contributed by atoms with E-state index in [1.165, 1.54) is 0 Å². The molecule has 9 heteroatoms. The molecule has 0 rings (SSSR count). The van der Waals surface area contributed by atoms with Crippen molar-refractivity contribution in [1.29, 1.82) is 0 Å². The van der Waals surface area contributed by atoms with Crippen LogP contribution in [0.3, 0.4) is 0 Å². The van der Waals surface area contributed by atoms with Gasteiger partial charge in [-0.05, 0) is 0 Å². The van der Waals surface area contributed by atoms with Crippen LogP contribution in [0.15, 0.2) is 0 Å². The van der Waals surface area contributed by atoms with Crippen molar-refractivity contribution in [3.8, 4) is 0 Å². The molecule has 21 radical (unpaired) electrons. The monoisotopic (exact) mass is 924 g/mol. The summed E-state index contributed by atoms with van der Waals surface area (Å²) in [6, 6.07) is 0. The number of hydrogen-bond acceptors (Lipinski definition) is 0. The van der Waals surface area contributed by atoms with Gasteiger partial charge in [-0.1, -0.05) is 0 Å². The van der Waals surface area contributed by atoms with E-state index >= 15 is 0 Å². The minimum absolute atomic E-state index is 0. The quantitative estimate of drug-likeness (QED) is 0.259. The van der Waals surface area contributed by atoms with Crippen molar-refractivity contribution in [3.05, 3.63) is 0 Å². The first-order valence-electron chi connectivity index (χ1n) is 0. The van der Waals surface area contributed by atoms with Gasteiger partial charge < -0.3 is 0 Å². The predicted molar refractivity (Wildman–Crippen MR) is 23.0 cm³/mol. The van der Waals surface area contributed by atoms with Crippen LogP contribution in [0.25, 0.3) is 0 Å². The first kappa shape index (κ1) is 65.2. The van der Waals surface area contributed by atoms with Crippen molar-refractivity contribution in [2.24, 2.45) is 0 Å². The Bertz CT molecular complexity index is 8.92. The van der Waals surface area contributed by atoms with Gasteiger partial charge in [0.05, 0.1) is 0 Å². The molecule has 9 heavy (non-hydrogen) atoms. The molecule has 0 aliphatic heterocycles. The summed E-state index contributed by atoms with van der Waals surface area (Å²) in [6.45, 7) is 0. The van der Waals surface area contributed by atoms with Crippen LogP contribution >= 0.6 is 0 Å². The van der Waals surface area contributed by atoms with Crippen molar-refractivity contribution in [2.75, 3.05) is 0 Å². The zero-order chi connectivity index (χ0) is 0. The van der Waals surface area contributed by atoms with Crippen molar-refractivity contribution in [3.63, 3.8) is 0 Å². The van der Waals surface area contributed by atoms with E-state index in [4.69, 9.17) is 0 Å². The Hall–Kier alpha value is 8.71. The minimum atomic E-state index is 0. The van der Waals surface area contributed by atoms with Gasteiger partial charge in [0.2, 0.25) is 0 Å². The summed E-state index contributed by atoms with van der Waals surface area (Å²) < 4.78 is 0. The zero-order valence-corrected chi connectivity index (χ0v) is 30.5. The Morgan fingerprint density at radius 3 is 0.222 bits per heavy atom. The molecule has 0 fully saturated rings. The van der Waals surface area contributed by atoms with Crippen LogP contribution in [-0.2, 0) is 164 Å². The van der Waals surface area contributed by atoms with Crippen LogP contribution in [0.5, 0.6) is 0 Å². The SMILES string of the molecule is [Sn].[Sn].[Sn].[Sn].[Y].[Y].[Y].[Y].[Y]. The molecule has 31 valence electrons. The van der Waals surface area contributed by atoms with E-state index in [0.29, 0.717) is 0 Å². The summed E-state index contributed by atoms with van der Waals surface area (Å²) in [5, 5.41) is 0. The molecule has 0 aromatic carbocycles. The third-order valence-electron chi connectivity index (χ3n) is 0. The summed E-state index contributed by atoms with van der Waals surface area (Å²) in [7, 11) is 0. The smallest absolute Gasteiger partial charge is 0 e. The maximum atomic E-state index is 0. The van der Waals surface area contributed by atoms with Crippen molar-refractivity contribution in [2.45, 2.75) is 0 Å². The standard InChI is InChI=1S/4Sn.5Y. The third kappa shape index (κ3) is 47.7. The van der Waals surface area contributed by atoms with E-state index in [2.05, 4.69) is 0 Å². The summed E-state index contributed by atoms with van der Waals surface area (Å²) in [5.74, 6) is 0. The van der Waals surface area contributed by atoms with Crippen LogP contribution in [0.1, 0.15) is 0 Å². The molecule has 0 N–H and O–H groups in total. The average molecular weight is 919 g/mol. The molecule has 0 aromatic rings. The van der Waals surface area contributed by atoms with Crippen LogP contribution in [0.2, 0.25) is 0 Å². The summed E-state index contributed by atoms with van der Waals surface area (Å²) in [4.78, 5) is 0. The Balaban J connectivity index is 0.